The van der Waals surface area contributed by atoms with E-state index in [0.29, 0.717) is 16.4 Å². The Labute approximate surface area is 105 Å². The maximum atomic E-state index is 10.3. The summed E-state index contributed by atoms with van der Waals surface area (Å²) in [6.45, 7) is 2.91. The molecule has 2 aromatic heterocycles. The first-order valence-electron chi connectivity index (χ1n) is 5.52. The molecule has 0 saturated heterocycles. The van der Waals surface area contributed by atoms with Gasteiger partial charge in [0.25, 0.3) is 0 Å². The van der Waals surface area contributed by atoms with Gasteiger partial charge in [-0.25, -0.2) is 4.98 Å². The summed E-state index contributed by atoms with van der Waals surface area (Å²) in [6, 6.07) is 1.71. The molecule has 0 radical (unpaired) electrons. The molecule has 0 aliphatic carbocycles. The van der Waals surface area contributed by atoms with Gasteiger partial charge >= 0.3 is 0 Å². The number of aromatic nitrogens is 3. The van der Waals surface area contributed by atoms with Crippen LogP contribution in [0.2, 0.25) is 5.02 Å². The third kappa shape index (κ3) is 2.48. The van der Waals surface area contributed by atoms with E-state index in [2.05, 4.69) is 16.9 Å². The summed E-state index contributed by atoms with van der Waals surface area (Å²) in [6.07, 6.45) is 6.85. The summed E-state index contributed by atoms with van der Waals surface area (Å²) in [5.74, 6) is 0.611. The zero-order valence-corrected chi connectivity index (χ0v) is 10.3. The third-order valence-electron chi connectivity index (χ3n) is 2.56. The molecule has 1 N–H and O–H groups in total. The van der Waals surface area contributed by atoms with Gasteiger partial charge in [0.2, 0.25) is 0 Å². The molecular weight excluding hydrogens is 238 g/mol. The molecule has 0 aromatic carbocycles. The minimum atomic E-state index is -0.813. The first kappa shape index (κ1) is 12.1. The minimum Gasteiger partial charge on any atom is -0.380 e. The number of hydrogen-bond acceptors (Lipinski definition) is 3. The van der Waals surface area contributed by atoms with Gasteiger partial charge < -0.3 is 9.67 Å². The van der Waals surface area contributed by atoms with Crippen molar-refractivity contribution in [2.75, 3.05) is 0 Å². The van der Waals surface area contributed by atoms with Gasteiger partial charge in [0.05, 0.1) is 5.02 Å². The van der Waals surface area contributed by atoms with Crippen LogP contribution in [-0.2, 0) is 6.54 Å². The molecule has 5 heteroatoms. The Bertz CT molecular complexity index is 498. The summed E-state index contributed by atoms with van der Waals surface area (Å²) in [5, 5.41) is 10.7. The van der Waals surface area contributed by atoms with Crippen LogP contribution in [0.4, 0.5) is 0 Å². The van der Waals surface area contributed by atoms with Crippen molar-refractivity contribution in [3.63, 3.8) is 0 Å². The molecule has 90 valence electrons. The van der Waals surface area contributed by atoms with Gasteiger partial charge in [-0.15, -0.1) is 0 Å². The van der Waals surface area contributed by atoms with Crippen LogP contribution in [0, 0.1) is 0 Å². The second-order valence-corrected chi connectivity index (χ2v) is 4.19. The van der Waals surface area contributed by atoms with Gasteiger partial charge in [-0.2, -0.15) is 0 Å². The zero-order valence-electron chi connectivity index (χ0n) is 9.55. The van der Waals surface area contributed by atoms with E-state index in [4.69, 9.17) is 11.6 Å². The normalized spacial score (nSPS) is 12.6. The Hall–Kier alpha value is -1.39. The lowest BCUT2D eigenvalue weighted by atomic mass is 10.1. The fourth-order valence-electron chi connectivity index (χ4n) is 1.75. The lowest BCUT2D eigenvalue weighted by molar-refractivity contribution is 0.204. The molecule has 0 spiro atoms. The van der Waals surface area contributed by atoms with Crippen LogP contribution in [0.25, 0.3) is 0 Å². The molecule has 0 aliphatic heterocycles. The first-order chi connectivity index (χ1) is 8.24. The smallest absolute Gasteiger partial charge is 0.142 e. The van der Waals surface area contributed by atoms with Crippen molar-refractivity contribution >= 4 is 11.6 Å². The molecule has 2 rings (SSSR count). The van der Waals surface area contributed by atoms with Gasteiger partial charge in [-0.1, -0.05) is 18.5 Å². The van der Waals surface area contributed by atoms with Gasteiger partial charge in [0, 0.05) is 36.9 Å². The van der Waals surface area contributed by atoms with Crippen molar-refractivity contribution in [3.05, 3.63) is 47.3 Å². The average molecular weight is 252 g/mol. The lowest BCUT2D eigenvalue weighted by Gasteiger charge is -2.13. The van der Waals surface area contributed by atoms with Crippen LogP contribution >= 0.6 is 11.6 Å². The van der Waals surface area contributed by atoms with Crippen molar-refractivity contribution in [2.45, 2.75) is 26.0 Å². The Morgan fingerprint density at radius 3 is 3.00 bits per heavy atom. The van der Waals surface area contributed by atoms with Gasteiger partial charge in [-0.3, -0.25) is 4.98 Å². The molecule has 0 fully saturated rings. The van der Waals surface area contributed by atoms with E-state index in [0.717, 1.165) is 13.0 Å². The SMILES string of the molecule is CCCn1ccnc1C(O)c1ccncc1Cl. The quantitative estimate of drug-likeness (QED) is 0.908. The van der Waals surface area contributed by atoms with E-state index < -0.39 is 6.10 Å². The number of imidazole rings is 1. The predicted molar refractivity (Wildman–Crippen MR) is 65.8 cm³/mol. The van der Waals surface area contributed by atoms with Crippen molar-refractivity contribution < 1.29 is 5.11 Å². The molecule has 0 aliphatic rings. The van der Waals surface area contributed by atoms with Crippen LogP contribution in [-0.4, -0.2) is 19.6 Å². The fourth-order valence-corrected chi connectivity index (χ4v) is 1.97. The number of halogens is 1. The minimum absolute atomic E-state index is 0.450. The molecule has 2 heterocycles. The van der Waals surface area contributed by atoms with Crippen molar-refractivity contribution in [3.8, 4) is 0 Å². The molecule has 17 heavy (non-hydrogen) atoms. The molecule has 4 nitrogen and oxygen atoms in total. The average Bonchev–Trinajstić information content (AvgIpc) is 2.78. The number of aliphatic hydroxyl groups excluding tert-OH is 1. The van der Waals surface area contributed by atoms with Crippen LogP contribution < -0.4 is 0 Å². The number of rotatable bonds is 4. The summed E-state index contributed by atoms with van der Waals surface area (Å²) in [5.41, 5.74) is 0.630. The Morgan fingerprint density at radius 2 is 2.29 bits per heavy atom. The van der Waals surface area contributed by atoms with Crippen LogP contribution in [0.3, 0.4) is 0 Å². The number of hydrogen-bond donors (Lipinski definition) is 1. The standard InChI is InChI=1S/C12H14ClN3O/c1-2-6-16-7-5-15-12(16)11(17)9-3-4-14-8-10(9)13/h3-5,7-8,11,17H,2,6H2,1H3. The van der Waals surface area contributed by atoms with Crippen LogP contribution in [0.15, 0.2) is 30.9 Å². The lowest BCUT2D eigenvalue weighted by Crippen LogP contribution is -2.10. The van der Waals surface area contributed by atoms with Crippen molar-refractivity contribution in [1.82, 2.24) is 14.5 Å². The van der Waals surface area contributed by atoms with E-state index in [-0.39, 0.29) is 0 Å². The van der Waals surface area contributed by atoms with E-state index >= 15 is 0 Å². The highest BCUT2D eigenvalue weighted by Crippen LogP contribution is 2.26. The summed E-state index contributed by atoms with van der Waals surface area (Å²) < 4.78 is 1.93. The summed E-state index contributed by atoms with van der Waals surface area (Å²) in [4.78, 5) is 8.08. The Balaban J connectivity index is 2.34. The van der Waals surface area contributed by atoms with Gasteiger partial charge in [0.15, 0.2) is 0 Å². The molecule has 0 amide bonds. The van der Waals surface area contributed by atoms with Gasteiger partial charge in [-0.05, 0) is 12.5 Å². The summed E-state index contributed by atoms with van der Waals surface area (Å²) in [7, 11) is 0. The van der Waals surface area contributed by atoms with Crippen LogP contribution in [0.5, 0.6) is 0 Å². The van der Waals surface area contributed by atoms with E-state index in [9.17, 15) is 5.11 Å². The molecule has 0 bridgehead atoms. The molecule has 1 atom stereocenters. The monoisotopic (exact) mass is 251 g/mol. The zero-order chi connectivity index (χ0) is 12.3. The third-order valence-corrected chi connectivity index (χ3v) is 2.87. The Kier molecular flexibility index (Phi) is 3.76. The number of aliphatic hydroxyl groups is 1. The van der Waals surface area contributed by atoms with Crippen molar-refractivity contribution in [1.29, 1.82) is 0 Å². The topological polar surface area (TPSA) is 50.9 Å². The number of aryl methyl sites for hydroxylation is 1. The number of pyridine rings is 1. The van der Waals surface area contributed by atoms with E-state index in [1.54, 1.807) is 18.5 Å². The summed E-state index contributed by atoms with van der Waals surface area (Å²) >= 11 is 6.01. The maximum absolute atomic E-state index is 10.3. The second kappa shape index (κ2) is 5.29. The van der Waals surface area contributed by atoms with E-state index in [1.807, 2.05) is 10.8 Å². The fraction of sp³-hybridized carbons (Fsp3) is 0.333. The highest BCUT2D eigenvalue weighted by atomic mass is 35.5. The highest BCUT2D eigenvalue weighted by molar-refractivity contribution is 6.31. The van der Waals surface area contributed by atoms with Crippen LogP contribution in [0.1, 0.15) is 30.8 Å². The molecule has 0 saturated carbocycles. The maximum Gasteiger partial charge on any atom is 0.142 e. The van der Waals surface area contributed by atoms with E-state index in [1.165, 1.54) is 6.20 Å². The largest absolute Gasteiger partial charge is 0.380 e. The molecule has 2 aromatic rings. The molecule has 1 unspecified atom stereocenters. The second-order valence-electron chi connectivity index (χ2n) is 3.78. The predicted octanol–water partition coefficient (Wildman–Crippen LogP) is 2.42. The van der Waals surface area contributed by atoms with Gasteiger partial charge in [0.1, 0.15) is 11.9 Å². The van der Waals surface area contributed by atoms with Crippen molar-refractivity contribution in [2.24, 2.45) is 0 Å². The Morgan fingerprint density at radius 1 is 1.47 bits per heavy atom. The highest BCUT2D eigenvalue weighted by Gasteiger charge is 2.18. The first-order valence-corrected chi connectivity index (χ1v) is 5.90. The number of nitrogens with zero attached hydrogens (tertiary/aromatic N) is 3. The molecular formula is C12H14ClN3O.